The fraction of sp³-hybridized carbons (Fsp3) is 0.417. The second-order valence-electron chi connectivity index (χ2n) is 8.04. The SMILES string of the molecule is CCOc1ccc(C2C(C(=O)c3ccc(C)o3)=C([O-])C(=O)N2CCC[NH+](C)C)cc1OC. The van der Waals surface area contributed by atoms with Gasteiger partial charge in [-0.05, 0) is 49.4 Å². The van der Waals surface area contributed by atoms with Crippen molar-refractivity contribution in [3.8, 4) is 11.5 Å². The number of benzene rings is 1. The quantitative estimate of drug-likeness (QED) is 0.550. The van der Waals surface area contributed by atoms with Crippen LogP contribution in [-0.4, -0.2) is 57.5 Å². The molecule has 1 aromatic carbocycles. The van der Waals surface area contributed by atoms with Gasteiger partial charge in [0.2, 0.25) is 11.7 Å². The summed E-state index contributed by atoms with van der Waals surface area (Å²) in [6.07, 6.45) is 0.688. The molecule has 0 saturated carbocycles. The number of aryl methyl sites for hydroxylation is 1. The zero-order valence-electron chi connectivity index (χ0n) is 19.2. The number of hydrogen-bond donors (Lipinski definition) is 1. The van der Waals surface area contributed by atoms with E-state index in [0.717, 1.165) is 6.54 Å². The van der Waals surface area contributed by atoms with Crippen LogP contribution in [0.4, 0.5) is 0 Å². The van der Waals surface area contributed by atoms with Crippen molar-refractivity contribution >= 4 is 11.7 Å². The minimum absolute atomic E-state index is 0.0427. The number of carbonyl (C=O) groups excluding carboxylic acids is 2. The molecule has 0 saturated heterocycles. The van der Waals surface area contributed by atoms with Crippen LogP contribution in [0.1, 0.15) is 41.3 Å². The Kier molecular flexibility index (Phi) is 7.25. The molecule has 172 valence electrons. The van der Waals surface area contributed by atoms with Gasteiger partial charge in [-0.15, -0.1) is 0 Å². The number of nitrogens with one attached hydrogen (secondary N) is 1. The summed E-state index contributed by atoms with van der Waals surface area (Å²) < 4.78 is 16.5. The molecule has 2 heterocycles. The van der Waals surface area contributed by atoms with E-state index in [2.05, 4.69) is 0 Å². The van der Waals surface area contributed by atoms with E-state index in [1.807, 2.05) is 21.0 Å². The first-order valence-electron chi connectivity index (χ1n) is 10.7. The van der Waals surface area contributed by atoms with E-state index in [0.29, 0.717) is 42.4 Å². The van der Waals surface area contributed by atoms with Crippen LogP contribution in [0.5, 0.6) is 11.5 Å². The van der Waals surface area contributed by atoms with Gasteiger partial charge in [-0.3, -0.25) is 9.59 Å². The summed E-state index contributed by atoms with van der Waals surface area (Å²) in [6.45, 7) is 5.21. The minimum Gasteiger partial charge on any atom is -0.868 e. The zero-order valence-corrected chi connectivity index (χ0v) is 19.2. The van der Waals surface area contributed by atoms with Crippen LogP contribution >= 0.6 is 0 Å². The maximum absolute atomic E-state index is 13.3. The molecule has 1 unspecified atom stereocenters. The second kappa shape index (κ2) is 9.91. The van der Waals surface area contributed by atoms with Crippen LogP contribution in [0.25, 0.3) is 0 Å². The Bertz CT molecular complexity index is 1020. The number of nitrogens with zero attached hydrogens (tertiary/aromatic N) is 1. The van der Waals surface area contributed by atoms with Gasteiger partial charge in [0.05, 0.1) is 40.4 Å². The molecular formula is C24H30N2O6. The molecule has 1 aliphatic heterocycles. The number of carbonyl (C=O) groups is 2. The molecule has 2 aromatic rings. The molecule has 1 amide bonds. The third-order valence-electron chi connectivity index (χ3n) is 5.37. The fourth-order valence-corrected chi connectivity index (χ4v) is 3.87. The van der Waals surface area contributed by atoms with Gasteiger partial charge in [0.15, 0.2) is 17.3 Å². The highest BCUT2D eigenvalue weighted by Gasteiger charge is 2.40. The molecular weight excluding hydrogens is 412 g/mol. The second-order valence-corrected chi connectivity index (χ2v) is 8.04. The highest BCUT2D eigenvalue weighted by atomic mass is 16.5. The van der Waals surface area contributed by atoms with Crippen LogP contribution in [0.2, 0.25) is 0 Å². The maximum atomic E-state index is 13.3. The summed E-state index contributed by atoms with van der Waals surface area (Å²) in [5, 5.41) is 13.0. The van der Waals surface area contributed by atoms with Crippen LogP contribution in [0, 0.1) is 6.92 Å². The largest absolute Gasteiger partial charge is 0.868 e. The van der Waals surface area contributed by atoms with Gasteiger partial charge in [-0.25, -0.2) is 0 Å². The monoisotopic (exact) mass is 442 g/mol. The van der Waals surface area contributed by atoms with Gasteiger partial charge < -0.3 is 28.8 Å². The standard InChI is InChI=1S/C24H30N2O6/c1-6-31-17-11-9-16(14-19(17)30-5)21-20(22(27)18-10-8-15(2)32-18)23(28)24(29)26(21)13-7-12-25(3)4/h8-11,14,21,28H,6-7,12-13H2,1-5H3. The number of hydrogen-bond acceptors (Lipinski definition) is 6. The van der Waals surface area contributed by atoms with Gasteiger partial charge in [-0.1, -0.05) is 6.07 Å². The zero-order chi connectivity index (χ0) is 23.4. The lowest BCUT2D eigenvalue weighted by Gasteiger charge is -2.28. The van der Waals surface area contributed by atoms with E-state index in [1.54, 1.807) is 31.2 Å². The Labute approximate surface area is 188 Å². The van der Waals surface area contributed by atoms with Crippen LogP contribution < -0.4 is 19.5 Å². The molecule has 0 fully saturated rings. The first kappa shape index (κ1) is 23.4. The van der Waals surface area contributed by atoms with Gasteiger partial charge in [0.1, 0.15) is 5.76 Å². The summed E-state index contributed by atoms with van der Waals surface area (Å²) in [5.41, 5.74) is 0.501. The molecule has 0 bridgehead atoms. The lowest BCUT2D eigenvalue weighted by Crippen LogP contribution is -3.05. The summed E-state index contributed by atoms with van der Waals surface area (Å²) in [5.74, 6) is -0.435. The Morgan fingerprint density at radius 1 is 1.22 bits per heavy atom. The van der Waals surface area contributed by atoms with Crippen molar-refractivity contribution in [1.29, 1.82) is 0 Å². The Balaban J connectivity index is 2.06. The van der Waals surface area contributed by atoms with Gasteiger partial charge in [0, 0.05) is 18.5 Å². The average molecular weight is 443 g/mol. The molecule has 0 spiro atoms. The lowest BCUT2D eigenvalue weighted by molar-refractivity contribution is -0.858. The number of methoxy groups -OCH3 is 1. The highest BCUT2D eigenvalue weighted by Crippen LogP contribution is 2.41. The van der Waals surface area contributed by atoms with Crippen molar-refractivity contribution in [2.24, 2.45) is 0 Å². The molecule has 3 rings (SSSR count). The van der Waals surface area contributed by atoms with E-state index in [4.69, 9.17) is 13.9 Å². The van der Waals surface area contributed by atoms with Crippen molar-refractivity contribution < 1.29 is 33.5 Å². The third kappa shape index (κ3) is 4.65. The highest BCUT2D eigenvalue weighted by molar-refractivity contribution is 6.14. The minimum atomic E-state index is -0.824. The van der Waals surface area contributed by atoms with Crippen LogP contribution in [-0.2, 0) is 4.79 Å². The maximum Gasteiger partial charge on any atom is 0.239 e. The van der Waals surface area contributed by atoms with Crippen molar-refractivity contribution in [3.05, 3.63) is 58.7 Å². The predicted molar refractivity (Wildman–Crippen MR) is 116 cm³/mol. The Morgan fingerprint density at radius 3 is 2.56 bits per heavy atom. The average Bonchev–Trinajstić information content (AvgIpc) is 3.30. The van der Waals surface area contributed by atoms with Gasteiger partial charge in [0.25, 0.3) is 0 Å². The molecule has 1 aliphatic rings. The van der Waals surface area contributed by atoms with E-state index < -0.39 is 23.5 Å². The predicted octanol–water partition coefficient (Wildman–Crippen LogP) is 0.911. The molecule has 1 aromatic heterocycles. The molecule has 1 atom stereocenters. The number of Topliss-reactive ketones (excluding diaryl/α,β-unsaturated/α-hetero) is 1. The van der Waals surface area contributed by atoms with Crippen molar-refractivity contribution in [1.82, 2.24) is 4.90 Å². The molecule has 8 nitrogen and oxygen atoms in total. The van der Waals surface area contributed by atoms with E-state index in [-0.39, 0.29) is 11.3 Å². The smallest absolute Gasteiger partial charge is 0.239 e. The number of quaternary nitrogens is 1. The number of furan rings is 1. The fourth-order valence-electron chi connectivity index (χ4n) is 3.87. The first-order chi connectivity index (χ1) is 15.3. The topological polar surface area (TPSA) is 96.5 Å². The molecule has 0 radical (unpaired) electrons. The number of ether oxygens (including phenoxy) is 2. The van der Waals surface area contributed by atoms with Crippen molar-refractivity contribution in [2.75, 3.05) is 40.9 Å². The summed E-state index contributed by atoms with van der Waals surface area (Å²) >= 11 is 0. The van der Waals surface area contributed by atoms with E-state index >= 15 is 0 Å². The summed E-state index contributed by atoms with van der Waals surface area (Å²) in [7, 11) is 5.56. The van der Waals surface area contributed by atoms with Crippen LogP contribution in [0.15, 0.2) is 46.1 Å². The number of ketones is 1. The summed E-state index contributed by atoms with van der Waals surface area (Å²) in [6, 6.07) is 7.56. The lowest BCUT2D eigenvalue weighted by atomic mass is 9.94. The van der Waals surface area contributed by atoms with E-state index in [9.17, 15) is 14.7 Å². The Hall–Kier alpha value is -3.26. The number of rotatable bonds is 10. The van der Waals surface area contributed by atoms with Crippen molar-refractivity contribution in [2.45, 2.75) is 26.3 Å². The molecule has 32 heavy (non-hydrogen) atoms. The van der Waals surface area contributed by atoms with Gasteiger partial charge in [-0.2, -0.15) is 0 Å². The Morgan fingerprint density at radius 2 is 1.97 bits per heavy atom. The van der Waals surface area contributed by atoms with Crippen molar-refractivity contribution in [3.63, 3.8) is 0 Å². The normalized spacial score (nSPS) is 16.2. The molecule has 8 heteroatoms. The van der Waals surface area contributed by atoms with Crippen LogP contribution in [0.3, 0.4) is 0 Å². The third-order valence-corrected chi connectivity index (χ3v) is 5.37. The summed E-state index contributed by atoms with van der Waals surface area (Å²) in [4.78, 5) is 28.9. The van der Waals surface area contributed by atoms with Gasteiger partial charge >= 0.3 is 0 Å². The number of amides is 1. The molecule has 0 aliphatic carbocycles. The molecule has 1 N–H and O–H groups in total. The first-order valence-corrected chi connectivity index (χ1v) is 10.7. The van der Waals surface area contributed by atoms with E-state index in [1.165, 1.54) is 23.0 Å².